The maximum atomic E-state index is 9.93. The summed E-state index contributed by atoms with van der Waals surface area (Å²) in [5, 5.41) is 9.93. The van der Waals surface area contributed by atoms with Crippen molar-refractivity contribution >= 4 is 0 Å². The zero-order valence-corrected chi connectivity index (χ0v) is 9.50. The Hall–Kier alpha value is -0.120. The van der Waals surface area contributed by atoms with E-state index in [1.807, 2.05) is 13.8 Å². The second-order valence-corrected chi connectivity index (χ2v) is 4.81. The fraction of sp³-hybridized carbons (Fsp3) is 1.00. The molecule has 0 spiro atoms. The third-order valence-electron chi connectivity index (χ3n) is 3.37. The van der Waals surface area contributed by atoms with E-state index in [9.17, 15) is 5.11 Å². The van der Waals surface area contributed by atoms with E-state index in [-0.39, 0.29) is 0 Å². The van der Waals surface area contributed by atoms with Crippen LogP contribution in [0, 0.1) is 5.92 Å². The molecule has 0 aliphatic carbocycles. The van der Waals surface area contributed by atoms with Crippen LogP contribution in [0.25, 0.3) is 0 Å². The van der Waals surface area contributed by atoms with Crippen molar-refractivity contribution in [2.45, 2.75) is 38.7 Å². The molecule has 0 amide bonds. The average Bonchev–Trinajstić information content (AvgIpc) is 2.19. The first kappa shape index (κ1) is 12.0. The Labute approximate surface area is 87.3 Å². The lowest BCUT2D eigenvalue weighted by Gasteiger charge is -2.35. The smallest absolute Gasteiger partial charge is 0.0743 e. The van der Waals surface area contributed by atoms with Crippen molar-refractivity contribution in [3.63, 3.8) is 0 Å². The van der Waals surface area contributed by atoms with Gasteiger partial charge in [0.2, 0.25) is 0 Å². The Morgan fingerprint density at radius 1 is 1.43 bits per heavy atom. The molecule has 14 heavy (non-hydrogen) atoms. The quantitative estimate of drug-likeness (QED) is 0.706. The molecule has 1 unspecified atom stereocenters. The standard InChI is InChI=1S/C11H24N2O/c1-3-11(2,14)9-13-6-4-10(8-12)5-7-13/h10,14H,3-9,12H2,1-2H3. The van der Waals surface area contributed by atoms with Crippen molar-refractivity contribution in [1.29, 1.82) is 0 Å². The van der Waals surface area contributed by atoms with E-state index in [0.717, 1.165) is 32.6 Å². The van der Waals surface area contributed by atoms with Gasteiger partial charge in [0, 0.05) is 6.54 Å². The first-order chi connectivity index (χ1) is 6.57. The number of piperidine rings is 1. The Bertz CT molecular complexity index is 163. The molecule has 0 aromatic carbocycles. The zero-order chi connectivity index (χ0) is 10.6. The Kier molecular flexibility index (Phi) is 4.35. The molecule has 3 N–H and O–H groups in total. The van der Waals surface area contributed by atoms with Gasteiger partial charge in [0.05, 0.1) is 5.60 Å². The summed E-state index contributed by atoms with van der Waals surface area (Å²) in [7, 11) is 0. The number of rotatable bonds is 4. The van der Waals surface area contributed by atoms with Gasteiger partial charge in [0.25, 0.3) is 0 Å². The minimum absolute atomic E-state index is 0.518. The van der Waals surface area contributed by atoms with E-state index >= 15 is 0 Å². The second kappa shape index (κ2) is 5.10. The lowest BCUT2D eigenvalue weighted by atomic mass is 9.95. The highest BCUT2D eigenvalue weighted by atomic mass is 16.3. The van der Waals surface area contributed by atoms with Crippen LogP contribution >= 0.6 is 0 Å². The van der Waals surface area contributed by atoms with Gasteiger partial charge in [-0.2, -0.15) is 0 Å². The number of hydrogen-bond donors (Lipinski definition) is 2. The number of nitrogens with zero attached hydrogens (tertiary/aromatic N) is 1. The topological polar surface area (TPSA) is 49.5 Å². The van der Waals surface area contributed by atoms with Crippen molar-refractivity contribution in [1.82, 2.24) is 4.90 Å². The van der Waals surface area contributed by atoms with Gasteiger partial charge >= 0.3 is 0 Å². The second-order valence-electron chi connectivity index (χ2n) is 4.81. The molecule has 3 nitrogen and oxygen atoms in total. The van der Waals surface area contributed by atoms with Crippen LogP contribution in [0.4, 0.5) is 0 Å². The van der Waals surface area contributed by atoms with Gasteiger partial charge in [-0.15, -0.1) is 0 Å². The molecule has 1 aliphatic rings. The summed E-state index contributed by atoms with van der Waals surface area (Å²) in [4.78, 5) is 2.36. The van der Waals surface area contributed by atoms with E-state index in [2.05, 4.69) is 4.90 Å². The van der Waals surface area contributed by atoms with Gasteiger partial charge in [-0.1, -0.05) is 6.92 Å². The number of β-amino-alcohol motifs (C(OH)–C–C–N with tert-alkyl or cyclic N) is 1. The normalized spacial score (nSPS) is 24.9. The van der Waals surface area contributed by atoms with Crippen LogP contribution in [0.3, 0.4) is 0 Å². The minimum atomic E-state index is -0.518. The van der Waals surface area contributed by atoms with E-state index < -0.39 is 5.60 Å². The number of likely N-dealkylation sites (tertiary alicyclic amines) is 1. The van der Waals surface area contributed by atoms with Crippen LogP contribution in [-0.2, 0) is 0 Å². The monoisotopic (exact) mass is 200 g/mol. The molecule has 1 fully saturated rings. The van der Waals surface area contributed by atoms with Crippen LogP contribution in [0.2, 0.25) is 0 Å². The predicted octanol–water partition coefficient (Wildman–Crippen LogP) is 0.818. The van der Waals surface area contributed by atoms with E-state index in [4.69, 9.17) is 5.73 Å². The molecular weight excluding hydrogens is 176 g/mol. The SMILES string of the molecule is CCC(C)(O)CN1CCC(CN)CC1. The van der Waals surface area contributed by atoms with Gasteiger partial charge < -0.3 is 15.7 Å². The van der Waals surface area contributed by atoms with E-state index in [1.54, 1.807) is 0 Å². The summed E-state index contributed by atoms with van der Waals surface area (Å²) >= 11 is 0. The molecule has 0 aromatic heterocycles. The molecule has 1 heterocycles. The first-order valence-electron chi connectivity index (χ1n) is 5.72. The molecule has 1 saturated heterocycles. The molecule has 0 saturated carbocycles. The number of hydrogen-bond acceptors (Lipinski definition) is 3. The summed E-state index contributed by atoms with van der Waals surface area (Å²) < 4.78 is 0. The van der Waals surface area contributed by atoms with Crippen molar-refractivity contribution < 1.29 is 5.11 Å². The van der Waals surface area contributed by atoms with Gasteiger partial charge in [-0.05, 0) is 51.7 Å². The Morgan fingerprint density at radius 2 is 2.00 bits per heavy atom. The van der Waals surface area contributed by atoms with Gasteiger partial charge in [0.1, 0.15) is 0 Å². The minimum Gasteiger partial charge on any atom is -0.389 e. The van der Waals surface area contributed by atoms with Crippen molar-refractivity contribution in [3.05, 3.63) is 0 Å². The third kappa shape index (κ3) is 3.56. The van der Waals surface area contributed by atoms with Gasteiger partial charge in [-0.25, -0.2) is 0 Å². The summed E-state index contributed by atoms with van der Waals surface area (Å²) in [5.74, 6) is 0.706. The summed E-state index contributed by atoms with van der Waals surface area (Å²) in [6.07, 6.45) is 3.20. The Morgan fingerprint density at radius 3 is 2.43 bits per heavy atom. The fourth-order valence-corrected chi connectivity index (χ4v) is 1.97. The molecular formula is C11H24N2O. The van der Waals surface area contributed by atoms with Crippen LogP contribution in [0.1, 0.15) is 33.1 Å². The van der Waals surface area contributed by atoms with Crippen LogP contribution in [0.5, 0.6) is 0 Å². The van der Waals surface area contributed by atoms with E-state index in [1.165, 1.54) is 12.8 Å². The molecule has 3 heteroatoms. The molecule has 1 rings (SSSR count). The maximum absolute atomic E-state index is 9.93. The third-order valence-corrected chi connectivity index (χ3v) is 3.37. The molecule has 0 bridgehead atoms. The highest BCUT2D eigenvalue weighted by molar-refractivity contribution is 4.80. The number of aliphatic hydroxyl groups is 1. The molecule has 84 valence electrons. The predicted molar refractivity (Wildman–Crippen MR) is 59.1 cm³/mol. The van der Waals surface area contributed by atoms with E-state index in [0.29, 0.717) is 5.92 Å². The molecule has 1 atom stereocenters. The van der Waals surface area contributed by atoms with Gasteiger partial charge in [0.15, 0.2) is 0 Å². The van der Waals surface area contributed by atoms with Crippen LogP contribution < -0.4 is 5.73 Å². The number of nitrogens with two attached hydrogens (primary N) is 1. The van der Waals surface area contributed by atoms with Crippen molar-refractivity contribution in [3.8, 4) is 0 Å². The van der Waals surface area contributed by atoms with Crippen LogP contribution in [0.15, 0.2) is 0 Å². The molecule has 1 aliphatic heterocycles. The summed E-state index contributed by atoms with van der Waals surface area (Å²) in [6.45, 7) is 7.77. The first-order valence-corrected chi connectivity index (χ1v) is 5.72. The van der Waals surface area contributed by atoms with Gasteiger partial charge in [-0.3, -0.25) is 0 Å². The zero-order valence-electron chi connectivity index (χ0n) is 9.50. The largest absolute Gasteiger partial charge is 0.389 e. The maximum Gasteiger partial charge on any atom is 0.0743 e. The van der Waals surface area contributed by atoms with Crippen molar-refractivity contribution in [2.75, 3.05) is 26.2 Å². The lowest BCUT2D eigenvalue weighted by molar-refractivity contribution is 0.00701. The molecule has 0 radical (unpaired) electrons. The fourth-order valence-electron chi connectivity index (χ4n) is 1.97. The highest BCUT2D eigenvalue weighted by Crippen LogP contribution is 2.19. The summed E-state index contributed by atoms with van der Waals surface area (Å²) in [5.41, 5.74) is 5.12. The van der Waals surface area contributed by atoms with Crippen molar-refractivity contribution in [2.24, 2.45) is 11.7 Å². The average molecular weight is 200 g/mol. The molecule has 0 aromatic rings. The lowest BCUT2D eigenvalue weighted by Crippen LogP contribution is -2.44. The summed E-state index contributed by atoms with van der Waals surface area (Å²) in [6, 6.07) is 0. The Balaban J connectivity index is 2.28. The van der Waals surface area contributed by atoms with Crippen LogP contribution in [-0.4, -0.2) is 41.8 Å². The highest BCUT2D eigenvalue weighted by Gasteiger charge is 2.25.